The number of rotatable bonds is 2. The van der Waals surface area contributed by atoms with E-state index in [2.05, 4.69) is 4.29 Å². The molecule has 11 heavy (non-hydrogen) atoms. The van der Waals surface area contributed by atoms with Crippen molar-refractivity contribution < 1.29 is 28.5 Å². The Morgan fingerprint density at radius 2 is 1.73 bits per heavy atom. The molecule has 1 rings (SSSR count). The molecule has 0 aliphatic carbocycles. The zero-order chi connectivity index (χ0) is 8.54. The molecule has 0 bridgehead atoms. The summed E-state index contributed by atoms with van der Waals surface area (Å²) in [5.41, 5.74) is 0. The lowest BCUT2D eigenvalue weighted by atomic mass is 10.9. The Hall–Kier alpha value is 0.830. The Balaban J connectivity index is 2.46. The maximum atomic E-state index is 10.2. The van der Waals surface area contributed by atoms with Crippen LogP contribution >= 0.6 is 23.5 Å². The molecule has 0 amide bonds. The Morgan fingerprint density at radius 3 is 2.09 bits per heavy atom. The van der Waals surface area contributed by atoms with E-state index in [9.17, 15) is 14.0 Å². The molecule has 0 radical (unpaired) electrons. The van der Waals surface area contributed by atoms with Crippen molar-refractivity contribution in [2.75, 3.05) is 11.5 Å². The van der Waals surface area contributed by atoms with Gasteiger partial charge in [-0.2, -0.15) is 14.0 Å². The molecule has 1 fully saturated rings. The van der Waals surface area contributed by atoms with Gasteiger partial charge in [0.05, 0.1) is 14.5 Å². The minimum atomic E-state index is -4.29. The lowest BCUT2D eigenvalue weighted by Gasteiger charge is -2.20. The third-order valence-electron chi connectivity index (χ3n) is 1.05. The van der Waals surface area contributed by atoms with Crippen LogP contribution in [0.4, 0.5) is 0 Å². The molecule has 7 heteroatoms. The highest BCUT2D eigenvalue weighted by atomic mass is 35.7. The first-order valence-electron chi connectivity index (χ1n) is 2.81. The van der Waals surface area contributed by atoms with Crippen LogP contribution in [0.5, 0.6) is 0 Å². The van der Waals surface area contributed by atoms with Crippen molar-refractivity contribution in [2.45, 2.75) is 11.2 Å². The molecule has 4 nitrogen and oxygen atoms in total. The standard InChI is InChI=1S/C4H7ClO4S2/c1-4(9-5(6,7)8)10-2-3-11-4/h2-3H2,1H3. The van der Waals surface area contributed by atoms with Crippen LogP contribution in [0, 0.1) is 10.2 Å². The van der Waals surface area contributed by atoms with Crippen molar-refractivity contribution in [1.29, 1.82) is 0 Å². The second kappa shape index (κ2) is 3.29. The molecular formula is C4H7ClO4S2. The third-order valence-corrected chi connectivity index (χ3v) is 4.72. The average Bonchev–Trinajstić information content (AvgIpc) is 2.09. The van der Waals surface area contributed by atoms with E-state index in [0.717, 1.165) is 11.5 Å². The minimum Gasteiger partial charge on any atom is -0.183 e. The van der Waals surface area contributed by atoms with E-state index >= 15 is 0 Å². The van der Waals surface area contributed by atoms with Crippen LogP contribution in [0.2, 0.25) is 0 Å². The van der Waals surface area contributed by atoms with Gasteiger partial charge in [0.15, 0.2) is 0 Å². The maximum absolute atomic E-state index is 10.2. The normalized spacial score (nSPS) is 24.0. The molecule has 1 aliphatic heterocycles. The Kier molecular flexibility index (Phi) is 2.97. The van der Waals surface area contributed by atoms with Gasteiger partial charge in [0, 0.05) is 18.4 Å². The van der Waals surface area contributed by atoms with Crippen LogP contribution in [0.3, 0.4) is 0 Å². The zero-order valence-electron chi connectivity index (χ0n) is 5.74. The second-order valence-corrected chi connectivity index (χ2v) is 6.13. The molecule has 0 atom stereocenters. The average molecular weight is 219 g/mol. The van der Waals surface area contributed by atoms with Crippen molar-refractivity contribution in [3.63, 3.8) is 0 Å². The quantitative estimate of drug-likeness (QED) is 0.537. The van der Waals surface area contributed by atoms with Crippen LogP contribution in [0.25, 0.3) is 0 Å². The van der Waals surface area contributed by atoms with Crippen LogP contribution in [-0.2, 0) is 4.29 Å². The fourth-order valence-corrected chi connectivity index (χ4v) is 4.12. The molecule has 0 saturated carbocycles. The van der Waals surface area contributed by atoms with Crippen LogP contribution < -0.4 is 14.0 Å². The molecule has 0 unspecified atom stereocenters. The lowest BCUT2D eigenvalue weighted by Crippen LogP contribution is -2.63. The molecule has 1 saturated heterocycles. The van der Waals surface area contributed by atoms with Gasteiger partial charge in [-0.3, -0.25) is 0 Å². The second-order valence-electron chi connectivity index (χ2n) is 2.01. The van der Waals surface area contributed by atoms with Crippen LogP contribution in [0.15, 0.2) is 0 Å². The molecule has 1 heterocycles. The van der Waals surface area contributed by atoms with Gasteiger partial charge < -0.3 is 0 Å². The van der Waals surface area contributed by atoms with E-state index in [4.69, 9.17) is 0 Å². The predicted octanol–water partition coefficient (Wildman–Crippen LogP) is -1.95. The van der Waals surface area contributed by atoms with Gasteiger partial charge in [0.2, 0.25) is 0 Å². The van der Waals surface area contributed by atoms with Crippen molar-refractivity contribution >= 4 is 23.5 Å². The first kappa shape index (κ1) is 9.91. The summed E-state index contributed by atoms with van der Waals surface area (Å²) >= 11 is 2.65. The topological polar surface area (TPSA) is 78.4 Å². The summed E-state index contributed by atoms with van der Waals surface area (Å²) in [7, 11) is -4.29. The van der Waals surface area contributed by atoms with E-state index in [0.29, 0.717) is 0 Å². The van der Waals surface area contributed by atoms with Crippen molar-refractivity contribution in [1.82, 2.24) is 0 Å². The first-order chi connectivity index (χ1) is 4.91. The van der Waals surface area contributed by atoms with E-state index in [1.807, 2.05) is 0 Å². The van der Waals surface area contributed by atoms with Gasteiger partial charge in [-0.15, -0.1) is 0 Å². The van der Waals surface area contributed by atoms with E-state index in [1.165, 1.54) is 23.5 Å². The van der Waals surface area contributed by atoms with Gasteiger partial charge in [-0.25, -0.2) is 0 Å². The van der Waals surface area contributed by atoms with Gasteiger partial charge in [-0.05, 0) is 0 Å². The highest BCUT2D eigenvalue weighted by molar-refractivity contribution is 8.21. The zero-order valence-corrected chi connectivity index (χ0v) is 8.13. The highest BCUT2D eigenvalue weighted by Crippen LogP contribution is 2.45. The summed E-state index contributed by atoms with van der Waals surface area (Å²) in [4.78, 5) is 0. The minimum absolute atomic E-state index is 0.812. The van der Waals surface area contributed by atoms with Crippen molar-refractivity contribution in [3.8, 4) is 0 Å². The fourth-order valence-electron chi connectivity index (χ4n) is 0.712. The smallest absolute Gasteiger partial charge is 0.183 e. The van der Waals surface area contributed by atoms with E-state index < -0.39 is 14.5 Å². The summed E-state index contributed by atoms with van der Waals surface area (Å²) in [6, 6.07) is 0. The SMILES string of the molecule is CC1(O[Cl+3]([O-])([O-])[O-])SCCS1. The number of thioether (sulfide) groups is 2. The van der Waals surface area contributed by atoms with Gasteiger partial charge in [-0.1, -0.05) is 23.5 Å². The summed E-state index contributed by atoms with van der Waals surface area (Å²) in [5.74, 6) is 1.62. The van der Waals surface area contributed by atoms with Gasteiger partial charge in [0.1, 0.15) is 0 Å². The molecule has 0 N–H and O–H groups in total. The molecule has 1 aliphatic rings. The molecular weight excluding hydrogens is 212 g/mol. The Morgan fingerprint density at radius 1 is 1.27 bits per heavy atom. The first-order valence-corrected chi connectivity index (χ1v) is 6.01. The van der Waals surface area contributed by atoms with E-state index in [1.54, 1.807) is 6.92 Å². The fraction of sp³-hybridized carbons (Fsp3) is 1.00. The molecule has 66 valence electrons. The number of halogens is 1. The predicted molar refractivity (Wildman–Crippen MR) is 34.4 cm³/mol. The van der Waals surface area contributed by atoms with Crippen molar-refractivity contribution in [3.05, 3.63) is 0 Å². The molecule has 0 aromatic carbocycles. The van der Waals surface area contributed by atoms with Crippen molar-refractivity contribution in [2.24, 2.45) is 0 Å². The Bertz CT molecular complexity index is 142. The van der Waals surface area contributed by atoms with Gasteiger partial charge >= 0.3 is 4.27 Å². The molecule has 0 aromatic heterocycles. The maximum Gasteiger partial charge on any atom is 0.312 e. The molecule has 0 spiro atoms. The largest absolute Gasteiger partial charge is 0.312 e. The summed E-state index contributed by atoms with van der Waals surface area (Å²) in [6.07, 6.45) is 0. The van der Waals surface area contributed by atoms with Crippen LogP contribution in [0.1, 0.15) is 6.92 Å². The van der Waals surface area contributed by atoms with E-state index in [-0.39, 0.29) is 0 Å². The number of hydrogen-bond donors (Lipinski definition) is 0. The van der Waals surface area contributed by atoms with Gasteiger partial charge in [0.25, 0.3) is 0 Å². The third kappa shape index (κ3) is 3.37. The van der Waals surface area contributed by atoms with Crippen LogP contribution in [-0.4, -0.2) is 15.8 Å². The number of hydrogen-bond acceptors (Lipinski definition) is 6. The summed E-state index contributed by atoms with van der Waals surface area (Å²) < 4.78 is 33.9. The highest BCUT2D eigenvalue weighted by Gasteiger charge is 2.45. The lowest BCUT2D eigenvalue weighted by molar-refractivity contribution is -1.92. The summed E-state index contributed by atoms with van der Waals surface area (Å²) in [6.45, 7) is 1.58. The monoisotopic (exact) mass is 218 g/mol. The Labute approximate surface area is 75.0 Å². The summed E-state index contributed by atoms with van der Waals surface area (Å²) in [5, 5.41) is 0. The molecule has 0 aromatic rings.